The van der Waals surface area contributed by atoms with Crippen LogP contribution in [-0.2, 0) is 4.74 Å². The molecule has 1 heterocycles. The van der Waals surface area contributed by atoms with E-state index in [1.54, 1.807) is 6.07 Å². The molecule has 114 valence electrons. The van der Waals surface area contributed by atoms with Gasteiger partial charge in [0.05, 0.1) is 23.2 Å². The van der Waals surface area contributed by atoms with Crippen LogP contribution in [0.2, 0.25) is 0 Å². The Labute approximate surface area is 129 Å². The molecule has 0 spiro atoms. The minimum atomic E-state index is -0.572. The number of hydrogen-bond acceptors (Lipinski definition) is 4. The van der Waals surface area contributed by atoms with E-state index < -0.39 is 23.5 Å². The van der Waals surface area contributed by atoms with Crippen molar-refractivity contribution in [2.24, 2.45) is 5.92 Å². The number of benzene rings is 1. The van der Waals surface area contributed by atoms with Gasteiger partial charge in [-0.3, -0.25) is 5.32 Å². The number of thiocarbonyl (C=S) groups is 1. The first-order chi connectivity index (χ1) is 9.81. The van der Waals surface area contributed by atoms with Crippen LogP contribution in [-0.4, -0.2) is 23.6 Å². The molecular formula is C15H19FN2O2S. The maximum absolute atomic E-state index is 14.2. The van der Waals surface area contributed by atoms with Crippen LogP contribution in [0, 0.1) is 11.7 Å². The van der Waals surface area contributed by atoms with Gasteiger partial charge in [-0.1, -0.05) is 32.1 Å². The standard InChI is InChI=1S/C15H19FN2O2S/c1-8(2)15(3)14(21)17-12(18-15)11-9(13(19)20-4)6-5-7-10(11)16/h5-8,12,18H,1-4H3,(H,17,21). The van der Waals surface area contributed by atoms with Crippen molar-refractivity contribution in [1.82, 2.24) is 10.6 Å². The second-order valence-electron chi connectivity index (χ2n) is 5.60. The van der Waals surface area contributed by atoms with Crippen LogP contribution in [0.1, 0.15) is 42.9 Å². The molecule has 1 aromatic carbocycles. The summed E-state index contributed by atoms with van der Waals surface area (Å²) < 4.78 is 19.0. The fraction of sp³-hybridized carbons (Fsp3) is 0.467. The van der Waals surface area contributed by atoms with Crippen molar-refractivity contribution in [2.75, 3.05) is 7.11 Å². The van der Waals surface area contributed by atoms with Crippen molar-refractivity contribution >= 4 is 23.2 Å². The van der Waals surface area contributed by atoms with Crippen molar-refractivity contribution in [3.63, 3.8) is 0 Å². The lowest BCUT2D eigenvalue weighted by atomic mass is 9.89. The fourth-order valence-corrected chi connectivity index (χ4v) is 2.79. The van der Waals surface area contributed by atoms with Gasteiger partial charge in [-0.05, 0) is 25.0 Å². The summed E-state index contributed by atoms with van der Waals surface area (Å²) in [6, 6.07) is 4.35. The Morgan fingerprint density at radius 3 is 2.67 bits per heavy atom. The number of ether oxygens (including phenoxy) is 1. The van der Waals surface area contributed by atoms with E-state index in [1.807, 2.05) is 20.8 Å². The summed E-state index contributed by atoms with van der Waals surface area (Å²) in [6.07, 6.45) is -0.555. The van der Waals surface area contributed by atoms with Crippen LogP contribution in [0.4, 0.5) is 4.39 Å². The van der Waals surface area contributed by atoms with Gasteiger partial charge in [0.25, 0.3) is 0 Å². The first kappa shape index (κ1) is 15.9. The maximum Gasteiger partial charge on any atom is 0.338 e. The third-order valence-electron chi connectivity index (χ3n) is 4.09. The molecule has 1 aromatic rings. The monoisotopic (exact) mass is 310 g/mol. The second kappa shape index (κ2) is 5.69. The summed E-state index contributed by atoms with van der Waals surface area (Å²) in [5.74, 6) is -0.827. The molecule has 0 saturated carbocycles. The number of esters is 1. The van der Waals surface area contributed by atoms with Gasteiger partial charge in [0, 0.05) is 5.56 Å². The molecule has 0 radical (unpaired) electrons. The molecule has 0 bridgehead atoms. The molecule has 4 nitrogen and oxygen atoms in total. The minimum absolute atomic E-state index is 0.193. The van der Waals surface area contributed by atoms with E-state index in [-0.39, 0.29) is 17.0 Å². The summed E-state index contributed by atoms with van der Waals surface area (Å²) in [6.45, 7) is 6.03. The van der Waals surface area contributed by atoms with Gasteiger partial charge in [0.1, 0.15) is 12.0 Å². The zero-order chi connectivity index (χ0) is 15.8. The summed E-state index contributed by atoms with van der Waals surface area (Å²) in [4.78, 5) is 12.5. The summed E-state index contributed by atoms with van der Waals surface area (Å²) >= 11 is 5.38. The first-order valence-corrected chi connectivity index (χ1v) is 7.17. The average Bonchev–Trinajstić information content (AvgIpc) is 2.74. The Bertz CT molecular complexity index is 591. The van der Waals surface area contributed by atoms with Gasteiger partial charge < -0.3 is 10.1 Å². The highest BCUT2D eigenvalue weighted by Gasteiger charge is 2.43. The Hall–Kier alpha value is -1.53. The summed E-state index contributed by atoms with van der Waals surface area (Å²) in [7, 11) is 1.27. The van der Waals surface area contributed by atoms with Gasteiger partial charge in [-0.15, -0.1) is 0 Å². The highest BCUT2D eigenvalue weighted by atomic mass is 32.1. The number of hydrogen-bond donors (Lipinski definition) is 2. The van der Waals surface area contributed by atoms with Crippen LogP contribution in [0.3, 0.4) is 0 Å². The number of carbonyl (C=O) groups excluding carboxylic acids is 1. The van der Waals surface area contributed by atoms with Crippen molar-refractivity contribution in [2.45, 2.75) is 32.5 Å². The third-order valence-corrected chi connectivity index (χ3v) is 4.63. The van der Waals surface area contributed by atoms with Gasteiger partial charge in [-0.2, -0.15) is 0 Å². The molecule has 2 atom stereocenters. The molecule has 0 aromatic heterocycles. The minimum Gasteiger partial charge on any atom is -0.465 e. The van der Waals surface area contributed by atoms with E-state index in [4.69, 9.17) is 17.0 Å². The predicted octanol–water partition coefficient (Wildman–Crippen LogP) is 2.55. The van der Waals surface area contributed by atoms with Crippen LogP contribution in [0.5, 0.6) is 0 Å². The number of nitrogens with one attached hydrogen (secondary N) is 2. The lowest BCUT2D eigenvalue weighted by Crippen LogP contribution is -2.47. The largest absolute Gasteiger partial charge is 0.465 e. The summed E-state index contributed by atoms with van der Waals surface area (Å²) in [5, 5.41) is 6.37. The average molecular weight is 310 g/mol. The van der Waals surface area contributed by atoms with Crippen LogP contribution in [0.25, 0.3) is 0 Å². The molecular weight excluding hydrogens is 291 g/mol. The molecule has 6 heteroatoms. The van der Waals surface area contributed by atoms with E-state index in [0.717, 1.165) is 0 Å². The van der Waals surface area contributed by atoms with Gasteiger partial charge in [-0.25, -0.2) is 9.18 Å². The number of methoxy groups -OCH3 is 1. The topological polar surface area (TPSA) is 50.4 Å². The molecule has 1 aliphatic heterocycles. The lowest BCUT2D eigenvalue weighted by Gasteiger charge is -2.28. The Morgan fingerprint density at radius 1 is 1.48 bits per heavy atom. The number of rotatable bonds is 3. The Balaban J connectivity index is 2.45. The van der Waals surface area contributed by atoms with Crippen molar-refractivity contribution < 1.29 is 13.9 Å². The zero-order valence-electron chi connectivity index (χ0n) is 12.5. The lowest BCUT2D eigenvalue weighted by molar-refractivity contribution is 0.0597. The zero-order valence-corrected chi connectivity index (χ0v) is 13.3. The molecule has 1 fully saturated rings. The second-order valence-corrected chi connectivity index (χ2v) is 6.01. The fourth-order valence-electron chi connectivity index (χ4n) is 2.37. The molecule has 21 heavy (non-hydrogen) atoms. The quantitative estimate of drug-likeness (QED) is 0.664. The van der Waals surface area contributed by atoms with Crippen molar-refractivity contribution in [1.29, 1.82) is 0 Å². The van der Waals surface area contributed by atoms with E-state index in [2.05, 4.69) is 10.6 Å². The van der Waals surface area contributed by atoms with E-state index in [1.165, 1.54) is 19.2 Å². The maximum atomic E-state index is 14.2. The van der Waals surface area contributed by atoms with E-state index >= 15 is 0 Å². The molecule has 0 aliphatic carbocycles. The Kier molecular flexibility index (Phi) is 4.30. The van der Waals surface area contributed by atoms with Crippen LogP contribution < -0.4 is 10.6 Å². The van der Waals surface area contributed by atoms with E-state index in [9.17, 15) is 9.18 Å². The van der Waals surface area contributed by atoms with Crippen molar-refractivity contribution in [3.8, 4) is 0 Å². The predicted molar refractivity (Wildman–Crippen MR) is 82.6 cm³/mol. The van der Waals surface area contributed by atoms with Gasteiger partial charge in [0.15, 0.2) is 0 Å². The van der Waals surface area contributed by atoms with Crippen LogP contribution in [0.15, 0.2) is 18.2 Å². The van der Waals surface area contributed by atoms with Gasteiger partial charge in [0.2, 0.25) is 0 Å². The van der Waals surface area contributed by atoms with Gasteiger partial charge >= 0.3 is 5.97 Å². The number of halogens is 1. The first-order valence-electron chi connectivity index (χ1n) is 6.76. The SMILES string of the molecule is COC(=O)c1cccc(F)c1C1NC(=S)C(C)(C(C)C)N1. The molecule has 2 unspecified atom stereocenters. The molecule has 1 aliphatic rings. The summed E-state index contributed by atoms with van der Waals surface area (Å²) in [5.41, 5.74) is -0.0234. The van der Waals surface area contributed by atoms with Crippen molar-refractivity contribution in [3.05, 3.63) is 35.1 Å². The smallest absolute Gasteiger partial charge is 0.338 e. The Morgan fingerprint density at radius 2 is 2.14 bits per heavy atom. The highest BCUT2D eigenvalue weighted by molar-refractivity contribution is 7.80. The molecule has 2 N–H and O–H groups in total. The number of carbonyl (C=O) groups is 1. The van der Waals surface area contributed by atoms with E-state index in [0.29, 0.717) is 4.99 Å². The highest BCUT2D eigenvalue weighted by Crippen LogP contribution is 2.31. The normalized spacial score (nSPS) is 25.0. The van der Waals surface area contributed by atoms with Crippen LogP contribution >= 0.6 is 12.2 Å². The molecule has 1 saturated heterocycles. The third kappa shape index (κ3) is 2.65. The molecule has 2 rings (SSSR count). The molecule has 0 amide bonds.